The Morgan fingerprint density at radius 3 is 2.56 bits per heavy atom. The maximum Gasteiger partial charge on any atom is 0.302 e. The van der Waals surface area contributed by atoms with Crippen molar-refractivity contribution in [1.82, 2.24) is 0 Å². The second kappa shape index (κ2) is 13.7. The standard InChI is InChI=1S/C23H38O4/c1-3-4-5-6-7-10-14-21-16-13-17-22(21)15-11-8-9-12-18-23(25,26)19-27-20(2)24/h4-5,8,10-11,14,21-22,25-26H,3,6-7,9,12-13,15-19H2,1-2H3/t21-,22-/m0/s1. The Kier molecular flexibility index (Phi) is 12.0. The van der Waals surface area contributed by atoms with Crippen LogP contribution in [0.1, 0.15) is 78.1 Å². The van der Waals surface area contributed by atoms with E-state index in [1.165, 1.54) is 26.2 Å². The minimum Gasteiger partial charge on any atom is -0.460 e. The molecular formula is C23H38O4. The average molecular weight is 379 g/mol. The molecule has 154 valence electrons. The van der Waals surface area contributed by atoms with Crippen LogP contribution in [0.5, 0.6) is 0 Å². The molecule has 1 saturated carbocycles. The lowest BCUT2D eigenvalue weighted by atomic mass is 9.92. The highest BCUT2D eigenvalue weighted by Gasteiger charge is 2.24. The van der Waals surface area contributed by atoms with Gasteiger partial charge in [-0.25, -0.2) is 0 Å². The zero-order valence-corrected chi connectivity index (χ0v) is 17.1. The van der Waals surface area contributed by atoms with E-state index in [4.69, 9.17) is 0 Å². The quantitative estimate of drug-likeness (QED) is 0.203. The fourth-order valence-corrected chi connectivity index (χ4v) is 3.54. The molecule has 1 fully saturated rings. The van der Waals surface area contributed by atoms with Gasteiger partial charge < -0.3 is 14.9 Å². The number of allylic oxidation sites excluding steroid dienone is 6. The van der Waals surface area contributed by atoms with Gasteiger partial charge in [0.1, 0.15) is 6.61 Å². The second-order valence-electron chi connectivity index (χ2n) is 7.60. The molecule has 0 radical (unpaired) electrons. The maximum atomic E-state index is 10.7. The molecule has 0 aliphatic heterocycles. The number of esters is 1. The number of hydrogen-bond acceptors (Lipinski definition) is 4. The van der Waals surface area contributed by atoms with Crippen LogP contribution in [0.3, 0.4) is 0 Å². The molecular weight excluding hydrogens is 340 g/mol. The van der Waals surface area contributed by atoms with Crippen molar-refractivity contribution in [3.05, 3.63) is 36.5 Å². The zero-order chi connectivity index (χ0) is 20.0. The largest absolute Gasteiger partial charge is 0.460 e. The topological polar surface area (TPSA) is 66.8 Å². The Bertz CT molecular complexity index is 491. The van der Waals surface area contributed by atoms with Crippen molar-refractivity contribution >= 4 is 5.97 Å². The molecule has 2 atom stereocenters. The third kappa shape index (κ3) is 11.8. The molecule has 4 nitrogen and oxygen atoms in total. The van der Waals surface area contributed by atoms with E-state index in [1.54, 1.807) is 0 Å². The summed E-state index contributed by atoms with van der Waals surface area (Å²) in [5.74, 6) is -0.980. The first-order valence-corrected chi connectivity index (χ1v) is 10.5. The molecule has 4 heteroatoms. The molecule has 1 rings (SSSR count). The molecule has 2 N–H and O–H groups in total. The fourth-order valence-electron chi connectivity index (χ4n) is 3.54. The number of carbonyl (C=O) groups excluding carboxylic acids is 1. The van der Waals surface area contributed by atoms with Crippen molar-refractivity contribution in [2.75, 3.05) is 6.61 Å². The summed E-state index contributed by atoms with van der Waals surface area (Å²) >= 11 is 0. The van der Waals surface area contributed by atoms with Crippen molar-refractivity contribution in [2.24, 2.45) is 11.8 Å². The van der Waals surface area contributed by atoms with Crippen molar-refractivity contribution < 1.29 is 19.7 Å². The van der Waals surface area contributed by atoms with E-state index in [0.717, 1.165) is 38.0 Å². The normalized spacial score (nSPS) is 21.0. The van der Waals surface area contributed by atoms with Gasteiger partial charge in [0.25, 0.3) is 0 Å². The van der Waals surface area contributed by atoms with Crippen LogP contribution in [0.25, 0.3) is 0 Å². The monoisotopic (exact) mass is 378 g/mol. The van der Waals surface area contributed by atoms with Crippen molar-refractivity contribution in [3.8, 4) is 0 Å². The highest BCUT2D eigenvalue weighted by molar-refractivity contribution is 5.65. The maximum absolute atomic E-state index is 10.7. The van der Waals surface area contributed by atoms with Crippen LogP contribution < -0.4 is 0 Å². The van der Waals surface area contributed by atoms with Crippen LogP contribution in [0.2, 0.25) is 0 Å². The lowest BCUT2D eigenvalue weighted by Crippen LogP contribution is -2.34. The van der Waals surface area contributed by atoms with Crippen molar-refractivity contribution in [2.45, 2.75) is 83.8 Å². The number of ether oxygens (including phenoxy) is 1. The Morgan fingerprint density at radius 1 is 1.07 bits per heavy atom. The summed E-state index contributed by atoms with van der Waals surface area (Å²) in [4.78, 5) is 10.7. The molecule has 0 aromatic heterocycles. The van der Waals surface area contributed by atoms with E-state index in [2.05, 4.69) is 48.1 Å². The molecule has 0 heterocycles. The van der Waals surface area contributed by atoms with Crippen LogP contribution in [0, 0.1) is 11.8 Å². The first-order valence-electron chi connectivity index (χ1n) is 10.5. The predicted octanol–water partition coefficient (Wildman–Crippen LogP) is 5.07. The van der Waals surface area contributed by atoms with Crippen LogP contribution in [-0.2, 0) is 9.53 Å². The van der Waals surface area contributed by atoms with Gasteiger partial charge in [0.2, 0.25) is 0 Å². The number of rotatable bonds is 13. The van der Waals surface area contributed by atoms with Crippen LogP contribution in [-0.4, -0.2) is 28.6 Å². The van der Waals surface area contributed by atoms with Gasteiger partial charge in [-0.15, -0.1) is 0 Å². The third-order valence-electron chi connectivity index (χ3n) is 5.06. The van der Waals surface area contributed by atoms with Crippen LogP contribution >= 0.6 is 0 Å². The molecule has 0 aromatic rings. The van der Waals surface area contributed by atoms with Gasteiger partial charge in [-0.1, -0.05) is 49.8 Å². The molecule has 0 saturated heterocycles. The van der Waals surface area contributed by atoms with E-state index >= 15 is 0 Å². The van der Waals surface area contributed by atoms with E-state index in [1.807, 2.05) is 0 Å². The summed E-state index contributed by atoms with van der Waals surface area (Å²) in [5.41, 5.74) is 0. The minimum atomic E-state index is -1.92. The minimum absolute atomic E-state index is 0.200. The van der Waals surface area contributed by atoms with Gasteiger partial charge in [-0.05, 0) is 63.2 Å². The number of carbonyl (C=O) groups is 1. The summed E-state index contributed by atoms with van der Waals surface area (Å²) in [7, 11) is 0. The van der Waals surface area contributed by atoms with E-state index in [9.17, 15) is 15.0 Å². The molecule has 1 aliphatic rings. The second-order valence-corrected chi connectivity index (χ2v) is 7.60. The zero-order valence-electron chi connectivity index (χ0n) is 17.1. The Morgan fingerprint density at radius 2 is 1.81 bits per heavy atom. The lowest BCUT2D eigenvalue weighted by Gasteiger charge is -2.20. The lowest BCUT2D eigenvalue weighted by molar-refractivity contribution is -0.204. The van der Waals surface area contributed by atoms with Crippen molar-refractivity contribution in [1.29, 1.82) is 0 Å². The van der Waals surface area contributed by atoms with E-state index < -0.39 is 11.8 Å². The average Bonchev–Trinajstić information content (AvgIpc) is 3.06. The summed E-state index contributed by atoms with van der Waals surface area (Å²) in [6.45, 7) is 3.06. The number of unbranched alkanes of at least 4 members (excludes halogenated alkanes) is 2. The van der Waals surface area contributed by atoms with Crippen molar-refractivity contribution in [3.63, 3.8) is 0 Å². The first kappa shape index (κ1) is 23.6. The molecule has 0 bridgehead atoms. The van der Waals surface area contributed by atoms with Crippen LogP contribution in [0.4, 0.5) is 0 Å². The summed E-state index contributed by atoms with van der Waals surface area (Å²) in [6.07, 6.45) is 23.7. The highest BCUT2D eigenvalue weighted by Crippen LogP contribution is 2.35. The third-order valence-corrected chi connectivity index (χ3v) is 5.06. The van der Waals surface area contributed by atoms with Gasteiger partial charge in [0, 0.05) is 13.3 Å². The van der Waals surface area contributed by atoms with Gasteiger partial charge in [0.05, 0.1) is 0 Å². The van der Waals surface area contributed by atoms with Gasteiger partial charge >= 0.3 is 5.97 Å². The van der Waals surface area contributed by atoms with Gasteiger partial charge in [0.15, 0.2) is 5.79 Å². The number of aliphatic hydroxyl groups is 2. The Balaban J connectivity index is 2.20. The van der Waals surface area contributed by atoms with E-state index in [-0.39, 0.29) is 13.0 Å². The predicted molar refractivity (Wildman–Crippen MR) is 110 cm³/mol. The number of hydrogen-bond donors (Lipinski definition) is 2. The smallest absolute Gasteiger partial charge is 0.302 e. The summed E-state index contributed by atoms with van der Waals surface area (Å²) in [6, 6.07) is 0. The first-order chi connectivity index (χ1) is 12.9. The molecule has 27 heavy (non-hydrogen) atoms. The molecule has 0 unspecified atom stereocenters. The van der Waals surface area contributed by atoms with Gasteiger partial charge in [-0.2, -0.15) is 0 Å². The molecule has 0 aromatic carbocycles. The van der Waals surface area contributed by atoms with Gasteiger partial charge in [-0.3, -0.25) is 4.79 Å². The Hall–Kier alpha value is -1.39. The Labute approximate surface area is 165 Å². The molecule has 0 amide bonds. The SMILES string of the molecule is CCC=CCCC=C[C@H]1CCC[C@@H]1CC=CCCCC(O)(O)COC(C)=O. The summed E-state index contributed by atoms with van der Waals surface area (Å²) in [5, 5.41) is 19.4. The molecule has 0 spiro atoms. The fraction of sp³-hybridized carbons (Fsp3) is 0.696. The summed E-state index contributed by atoms with van der Waals surface area (Å²) < 4.78 is 4.66. The van der Waals surface area contributed by atoms with Crippen LogP contribution in [0.15, 0.2) is 36.5 Å². The van der Waals surface area contributed by atoms with E-state index in [0.29, 0.717) is 12.3 Å². The highest BCUT2D eigenvalue weighted by atomic mass is 16.6. The molecule has 1 aliphatic carbocycles.